The first kappa shape index (κ1) is 26.1. The number of carbonyl (C=O) groups excluding carboxylic acids is 1. The van der Waals surface area contributed by atoms with Gasteiger partial charge in [0.25, 0.3) is 5.56 Å². The van der Waals surface area contributed by atoms with Gasteiger partial charge in [-0.2, -0.15) is 0 Å². The van der Waals surface area contributed by atoms with Crippen LogP contribution in [0.15, 0.2) is 79.1 Å². The second kappa shape index (κ2) is 11.0. The topological polar surface area (TPSA) is 90.1 Å². The average Bonchev–Trinajstić information content (AvgIpc) is 3.14. The van der Waals surface area contributed by atoms with Crippen LogP contribution in [0.5, 0.6) is 11.5 Å². The van der Waals surface area contributed by atoms with E-state index >= 15 is 0 Å². The van der Waals surface area contributed by atoms with Gasteiger partial charge in [0.1, 0.15) is 18.1 Å². The lowest BCUT2D eigenvalue weighted by Gasteiger charge is -2.24. The summed E-state index contributed by atoms with van der Waals surface area (Å²) in [6.45, 7) is 7.66. The first-order valence-corrected chi connectivity index (χ1v) is 13.4. The summed E-state index contributed by atoms with van der Waals surface area (Å²) in [7, 11) is 0. The number of hydrogen-bond donors (Lipinski definition) is 1. The number of phenolic OH excluding ortho intramolecular Hbond substituents is 1. The fourth-order valence-electron chi connectivity index (χ4n) is 3.85. The summed E-state index contributed by atoms with van der Waals surface area (Å²) in [5.74, 6) is 0.123. The van der Waals surface area contributed by atoms with E-state index in [0.717, 1.165) is 4.47 Å². The molecular weight excluding hydrogens is 612 g/mol. The SMILES string of the molecule is C=CCOc1ccc([C@@H]2C(C(=O)OCC)=C(C)N=c3s/c(=C\c4cc(Br)cc(Br)c4O)c(=O)n32)cc1. The van der Waals surface area contributed by atoms with Gasteiger partial charge in [0.05, 0.1) is 32.9 Å². The molecule has 0 saturated heterocycles. The normalized spacial score (nSPS) is 15.3. The minimum Gasteiger partial charge on any atom is -0.506 e. The van der Waals surface area contributed by atoms with E-state index in [1.54, 1.807) is 50.3 Å². The van der Waals surface area contributed by atoms with Crippen molar-refractivity contribution in [1.82, 2.24) is 4.57 Å². The van der Waals surface area contributed by atoms with Crippen molar-refractivity contribution in [2.75, 3.05) is 13.2 Å². The number of phenols is 1. The van der Waals surface area contributed by atoms with E-state index in [2.05, 4.69) is 43.4 Å². The van der Waals surface area contributed by atoms with Crippen molar-refractivity contribution >= 4 is 55.2 Å². The van der Waals surface area contributed by atoms with Gasteiger partial charge in [-0.25, -0.2) is 9.79 Å². The summed E-state index contributed by atoms with van der Waals surface area (Å²) < 4.78 is 14.0. The van der Waals surface area contributed by atoms with Crippen LogP contribution in [-0.2, 0) is 9.53 Å². The van der Waals surface area contributed by atoms with Gasteiger partial charge in [-0.15, -0.1) is 0 Å². The van der Waals surface area contributed by atoms with Crippen molar-refractivity contribution in [2.24, 2.45) is 4.99 Å². The van der Waals surface area contributed by atoms with E-state index in [-0.39, 0.29) is 17.9 Å². The maximum absolute atomic E-state index is 13.7. The van der Waals surface area contributed by atoms with Crippen LogP contribution in [0.3, 0.4) is 0 Å². The standard InChI is InChI=1S/C26H22Br2N2O5S/c1-4-10-35-18-8-6-15(7-9-18)22-21(25(33)34-5-2)14(3)29-26-30(22)24(32)20(36-26)12-16-11-17(27)13-19(28)23(16)31/h4,6-9,11-13,22,31H,1,5,10H2,2-3H3/b20-12-/t22-/m1/s1. The lowest BCUT2D eigenvalue weighted by Crippen LogP contribution is -2.39. The third-order valence-electron chi connectivity index (χ3n) is 5.42. The molecule has 0 radical (unpaired) electrons. The number of allylic oxidation sites excluding steroid dienone is 1. The Hall–Kier alpha value is -2.95. The molecule has 4 rings (SSSR count). The van der Waals surface area contributed by atoms with E-state index in [4.69, 9.17) is 9.47 Å². The number of aromatic hydroxyl groups is 1. The average molecular weight is 634 g/mol. The predicted molar refractivity (Wildman–Crippen MR) is 146 cm³/mol. The molecule has 1 aromatic heterocycles. The van der Waals surface area contributed by atoms with Crippen LogP contribution in [-0.4, -0.2) is 28.9 Å². The molecule has 0 fully saturated rings. The van der Waals surface area contributed by atoms with Crippen molar-refractivity contribution in [3.05, 3.63) is 100 Å². The zero-order valence-corrected chi connectivity index (χ0v) is 23.4. The Bertz CT molecular complexity index is 1550. The number of aromatic nitrogens is 1. The Morgan fingerprint density at radius 3 is 2.67 bits per heavy atom. The van der Waals surface area contributed by atoms with Gasteiger partial charge in [0.2, 0.25) is 0 Å². The van der Waals surface area contributed by atoms with E-state index in [1.807, 2.05) is 12.1 Å². The molecule has 0 saturated carbocycles. The third kappa shape index (κ3) is 5.11. The Labute approximate surface area is 228 Å². The fourth-order valence-corrected chi connectivity index (χ4v) is 6.14. The molecular formula is C26H22Br2N2O5S. The number of benzene rings is 2. The first-order chi connectivity index (χ1) is 17.2. The van der Waals surface area contributed by atoms with Crippen molar-refractivity contribution in [3.8, 4) is 11.5 Å². The fraction of sp³-hybridized carbons (Fsp3) is 0.192. The van der Waals surface area contributed by atoms with Gasteiger partial charge in [-0.05, 0) is 65.7 Å². The Balaban J connectivity index is 1.92. The van der Waals surface area contributed by atoms with Crippen LogP contribution in [0.4, 0.5) is 0 Å². The highest BCUT2D eigenvalue weighted by Gasteiger charge is 2.33. The van der Waals surface area contributed by atoms with Gasteiger partial charge < -0.3 is 14.6 Å². The zero-order valence-electron chi connectivity index (χ0n) is 19.5. The molecule has 7 nitrogen and oxygen atoms in total. The molecule has 36 heavy (non-hydrogen) atoms. The highest BCUT2D eigenvalue weighted by molar-refractivity contribution is 9.11. The van der Waals surface area contributed by atoms with Crippen LogP contribution < -0.4 is 19.6 Å². The molecule has 1 atom stereocenters. The maximum Gasteiger partial charge on any atom is 0.338 e. The van der Waals surface area contributed by atoms with Gasteiger partial charge in [-0.1, -0.05) is 52.1 Å². The quantitative estimate of drug-likeness (QED) is 0.304. The highest BCUT2D eigenvalue weighted by atomic mass is 79.9. The van der Waals surface area contributed by atoms with Gasteiger partial charge in [0, 0.05) is 10.0 Å². The molecule has 0 bridgehead atoms. The highest BCUT2D eigenvalue weighted by Crippen LogP contribution is 2.33. The maximum atomic E-state index is 13.7. The Kier molecular flexibility index (Phi) is 7.97. The molecule has 0 aliphatic carbocycles. The second-order valence-corrected chi connectivity index (χ2v) is 10.6. The molecule has 1 N–H and O–H groups in total. The lowest BCUT2D eigenvalue weighted by molar-refractivity contribution is -0.139. The molecule has 0 unspecified atom stereocenters. The number of hydrogen-bond acceptors (Lipinski definition) is 7. The number of esters is 1. The number of thiazole rings is 1. The van der Waals surface area contributed by atoms with Crippen molar-refractivity contribution < 1.29 is 19.4 Å². The van der Waals surface area contributed by atoms with E-state index < -0.39 is 12.0 Å². The van der Waals surface area contributed by atoms with Crippen LogP contribution in [0, 0.1) is 0 Å². The van der Waals surface area contributed by atoms with E-state index in [1.165, 1.54) is 15.9 Å². The van der Waals surface area contributed by atoms with E-state index in [9.17, 15) is 14.7 Å². The van der Waals surface area contributed by atoms with Crippen LogP contribution in [0.2, 0.25) is 0 Å². The van der Waals surface area contributed by atoms with Crippen molar-refractivity contribution in [2.45, 2.75) is 19.9 Å². The molecule has 186 valence electrons. The van der Waals surface area contributed by atoms with E-state index in [0.29, 0.717) is 48.6 Å². The Morgan fingerprint density at radius 2 is 2.00 bits per heavy atom. The third-order valence-corrected chi connectivity index (χ3v) is 7.47. The molecule has 3 aromatic rings. The summed E-state index contributed by atoms with van der Waals surface area (Å²) in [5.41, 5.74) is 1.61. The molecule has 0 spiro atoms. The van der Waals surface area contributed by atoms with Gasteiger partial charge in [0.15, 0.2) is 4.80 Å². The predicted octanol–water partition coefficient (Wildman–Crippen LogP) is 4.59. The monoisotopic (exact) mass is 632 g/mol. The first-order valence-electron chi connectivity index (χ1n) is 11.0. The summed E-state index contributed by atoms with van der Waals surface area (Å²) in [4.78, 5) is 31.7. The molecule has 1 aliphatic rings. The summed E-state index contributed by atoms with van der Waals surface area (Å²) >= 11 is 7.92. The largest absolute Gasteiger partial charge is 0.506 e. The summed E-state index contributed by atoms with van der Waals surface area (Å²) in [5, 5.41) is 10.5. The minimum absolute atomic E-state index is 0.0130. The van der Waals surface area contributed by atoms with Gasteiger partial charge >= 0.3 is 5.97 Å². The molecule has 2 aromatic carbocycles. The molecule has 2 heterocycles. The number of carbonyl (C=O) groups is 1. The van der Waals surface area contributed by atoms with Crippen LogP contribution in [0.1, 0.15) is 31.0 Å². The van der Waals surface area contributed by atoms with Crippen molar-refractivity contribution in [1.29, 1.82) is 0 Å². The van der Waals surface area contributed by atoms with Gasteiger partial charge in [-0.3, -0.25) is 9.36 Å². The van der Waals surface area contributed by atoms with Crippen LogP contribution in [0.25, 0.3) is 6.08 Å². The minimum atomic E-state index is -0.737. The zero-order chi connectivity index (χ0) is 26.0. The summed E-state index contributed by atoms with van der Waals surface area (Å²) in [6.07, 6.45) is 3.26. The molecule has 0 amide bonds. The number of rotatable bonds is 7. The lowest BCUT2D eigenvalue weighted by atomic mass is 9.96. The molecule has 1 aliphatic heterocycles. The Morgan fingerprint density at radius 1 is 1.28 bits per heavy atom. The smallest absolute Gasteiger partial charge is 0.338 e. The number of ether oxygens (including phenoxy) is 2. The molecule has 10 heteroatoms. The number of halogens is 2. The van der Waals surface area contributed by atoms with Crippen molar-refractivity contribution in [3.63, 3.8) is 0 Å². The number of nitrogens with zero attached hydrogens (tertiary/aromatic N) is 2. The number of fused-ring (bicyclic) bond motifs is 1. The van der Waals surface area contributed by atoms with Crippen LogP contribution >= 0.6 is 43.2 Å². The second-order valence-electron chi connectivity index (χ2n) is 7.80. The summed E-state index contributed by atoms with van der Waals surface area (Å²) in [6, 6.07) is 9.89.